The second kappa shape index (κ2) is 7.30. The van der Waals surface area contributed by atoms with Crippen LogP contribution in [-0.2, 0) is 11.8 Å². The summed E-state index contributed by atoms with van der Waals surface area (Å²) in [5.74, 6) is -0.0448. The number of aromatic nitrogens is 4. The number of ether oxygens (including phenoxy) is 1. The van der Waals surface area contributed by atoms with E-state index in [1.165, 1.54) is 12.1 Å². The quantitative estimate of drug-likeness (QED) is 0.705. The minimum absolute atomic E-state index is 0.109. The van der Waals surface area contributed by atoms with Gasteiger partial charge in [-0.2, -0.15) is 5.10 Å². The van der Waals surface area contributed by atoms with Gasteiger partial charge in [0.15, 0.2) is 12.3 Å². The van der Waals surface area contributed by atoms with E-state index in [1.54, 1.807) is 34.1 Å². The van der Waals surface area contributed by atoms with Crippen molar-refractivity contribution in [2.24, 2.45) is 7.05 Å². The zero-order chi connectivity index (χ0) is 18.8. The van der Waals surface area contributed by atoms with Crippen LogP contribution >= 0.6 is 0 Å². The molecule has 1 aliphatic rings. The van der Waals surface area contributed by atoms with Gasteiger partial charge in [0.05, 0.1) is 5.69 Å². The Hall–Kier alpha value is -3.03. The molecule has 1 aliphatic heterocycles. The number of carbonyl (C=O) groups is 1. The molecule has 8 heteroatoms. The molecule has 1 aromatic carbocycles. The summed E-state index contributed by atoms with van der Waals surface area (Å²) in [5, 5.41) is 4.59. The van der Waals surface area contributed by atoms with E-state index < -0.39 is 0 Å². The van der Waals surface area contributed by atoms with Gasteiger partial charge in [0, 0.05) is 44.5 Å². The summed E-state index contributed by atoms with van der Waals surface area (Å²) in [6, 6.07) is 5.79. The van der Waals surface area contributed by atoms with E-state index in [2.05, 4.69) is 15.1 Å². The molecule has 0 spiro atoms. The Morgan fingerprint density at radius 1 is 1.33 bits per heavy atom. The molecule has 140 valence electrons. The van der Waals surface area contributed by atoms with Crippen LogP contribution in [0.5, 0.6) is 5.75 Å². The Bertz CT molecular complexity index is 974. The van der Waals surface area contributed by atoms with Crippen molar-refractivity contribution in [2.75, 3.05) is 19.7 Å². The van der Waals surface area contributed by atoms with Gasteiger partial charge in [-0.05, 0) is 25.0 Å². The van der Waals surface area contributed by atoms with Crippen molar-refractivity contribution < 1.29 is 13.9 Å². The van der Waals surface area contributed by atoms with E-state index in [0.29, 0.717) is 18.8 Å². The number of benzene rings is 1. The molecule has 1 fully saturated rings. The van der Waals surface area contributed by atoms with Crippen molar-refractivity contribution in [3.8, 4) is 5.75 Å². The summed E-state index contributed by atoms with van der Waals surface area (Å²) in [6.07, 6.45) is 5.13. The normalized spacial score (nSPS) is 17.3. The summed E-state index contributed by atoms with van der Waals surface area (Å²) < 4.78 is 20.4. The predicted molar refractivity (Wildman–Crippen MR) is 96.8 cm³/mol. The molecular formula is C19H20FN5O2. The maximum Gasteiger partial charge on any atom is 0.260 e. The second-order valence-electron chi connectivity index (χ2n) is 6.66. The second-order valence-corrected chi connectivity index (χ2v) is 6.66. The zero-order valence-corrected chi connectivity index (χ0v) is 15.0. The lowest BCUT2D eigenvalue weighted by molar-refractivity contribution is -0.134. The molecule has 0 N–H and O–H groups in total. The number of hydrogen-bond acceptors (Lipinski definition) is 5. The maximum absolute atomic E-state index is 13.2. The Morgan fingerprint density at radius 3 is 3.04 bits per heavy atom. The number of likely N-dealkylation sites (tertiary alicyclic amines) is 1. The Balaban J connectivity index is 1.45. The molecule has 0 radical (unpaired) electrons. The highest BCUT2D eigenvalue weighted by molar-refractivity contribution is 5.78. The standard InChI is InChI=1S/C19H20FN5O2/c1-24-19-18(21-7-8-22-19)17(23-24)13-4-3-9-25(11-13)16(26)12-27-15-6-2-5-14(20)10-15/h2,5-8,10,13H,3-4,9,11-12H2,1H3/t13-/m0/s1. The molecule has 0 unspecified atom stereocenters. The smallest absolute Gasteiger partial charge is 0.260 e. The van der Waals surface area contributed by atoms with Crippen LogP contribution < -0.4 is 4.74 Å². The fourth-order valence-electron chi connectivity index (χ4n) is 3.50. The van der Waals surface area contributed by atoms with Crippen molar-refractivity contribution in [1.29, 1.82) is 0 Å². The van der Waals surface area contributed by atoms with Gasteiger partial charge >= 0.3 is 0 Å². The molecule has 3 aromatic rings. The van der Waals surface area contributed by atoms with E-state index in [9.17, 15) is 9.18 Å². The lowest BCUT2D eigenvalue weighted by Crippen LogP contribution is -2.41. The van der Waals surface area contributed by atoms with Crippen LogP contribution in [-0.4, -0.2) is 50.3 Å². The first-order chi connectivity index (χ1) is 13.1. The van der Waals surface area contributed by atoms with Gasteiger partial charge in [0.25, 0.3) is 5.91 Å². The minimum Gasteiger partial charge on any atom is -0.484 e. The number of amides is 1. The molecule has 1 amide bonds. The SMILES string of the molecule is Cn1nc([C@H]2CCCN(C(=O)COc3cccc(F)c3)C2)c2nccnc21. The third-order valence-corrected chi connectivity index (χ3v) is 4.80. The van der Waals surface area contributed by atoms with Gasteiger partial charge in [0.1, 0.15) is 17.1 Å². The van der Waals surface area contributed by atoms with Crippen molar-refractivity contribution in [3.05, 3.63) is 48.2 Å². The summed E-state index contributed by atoms with van der Waals surface area (Å²) in [6.45, 7) is 1.13. The Morgan fingerprint density at radius 2 is 2.19 bits per heavy atom. The number of aryl methyl sites for hydroxylation is 1. The number of carbonyl (C=O) groups excluding carboxylic acids is 1. The third-order valence-electron chi connectivity index (χ3n) is 4.80. The van der Waals surface area contributed by atoms with E-state index >= 15 is 0 Å². The molecule has 2 aromatic heterocycles. The summed E-state index contributed by atoms with van der Waals surface area (Å²) in [7, 11) is 1.85. The highest BCUT2D eigenvalue weighted by Crippen LogP contribution is 2.29. The van der Waals surface area contributed by atoms with Gasteiger partial charge < -0.3 is 9.64 Å². The Kier molecular flexibility index (Phi) is 4.70. The topological polar surface area (TPSA) is 73.1 Å². The number of hydrogen-bond donors (Lipinski definition) is 0. The fraction of sp³-hybridized carbons (Fsp3) is 0.368. The van der Waals surface area contributed by atoms with Crippen molar-refractivity contribution in [1.82, 2.24) is 24.6 Å². The van der Waals surface area contributed by atoms with Crippen molar-refractivity contribution in [2.45, 2.75) is 18.8 Å². The molecule has 1 saturated heterocycles. The number of fused-ring (bicyclic) bond motifs is 1. The highest BCUT2D eigenvalue weighted by Gasteiger charge is 2.29. The average Bonchev–Trinajstić information content (AvgIpc) is 3.03. The Labute approximate surface area is 155 Å². The highest BCUT2D eigenvalue weighted by atomic mass is 19.1. The third kappa shape index (κ3) is 3.60. The minimum atomic E-state index is -0.388. The van der Waals surface area contributed by atoms with Crippen LogP contribution in [0.15, 0.2) is 36.7 Å². The molecule has 27 heavy (non-hydrogen) atoms. The number of nitrogens with zero attached hydrogens (tertiary/aromatic N) is 5. The molecule has 3 heterocycles. The molecule has 1 atom stereocenters. The lowest BCUT2D eigenvalue weighted by Gasteiger charge is -2.32. The first-order valence-electron chi connectivity index (χ1n) is 8.91. The van der Waals surface area contributed by atoms with E-state index in [4.69, 9.17) is 4.74 Å². The molecule has 0 saturated carbocycles. The van der Waals surface area contributed by atoms with E-state index in [0.717, 1.165) is 29.7 Å². The molecule has 4 rings (SSSR count). The number of halogens is 1. The van der Waals surface area contributed by atoms with Gasteiger partial charge in [-0.25, -0.2) is 19.0 Å². The van der Waals surface area contributed by atoms with Crippen molar-refractivity contribution in [3.63, 3.8) is 0 Å². The maximum atomic E-state index is 13.2. The zero-order valence-electron chi connectivity index (χ0n) is 15.0. The molecule has 0 bridgehead atoms. The first kappa shape index (κ1) is 17.4. The van der Waals surface area contributed by atoms with Crippen LogP contribution in [0.4, 0.5) is 4.39 Å². The summed E-state index contributed by atoms with van der Waals surface area (Å²) in [5.41, 5.74) is 2.41. The van der Waals surface area contributed by atoms with Crippen LogP contribution in [0.1, 0.15) is 24.5 Å². The summed E-state index contributed by atoms with van der Waals surface area (Å²) in [4.78, 5) is 23.1. The molecular weight excluding hydrogens is 349 g/mol. The van der Waals surface area contributed by atoms with Gasteiger partial charge in [-0.3, -0.25) is 4.79 Å². The van der Waals surface area contributed by atoms with E-state index in [1.807, 2.05) is 7.05 Å². The molecule has 7 nitrogen and oxygen atoms in total. The van der Waals surface area contributed by atoms with Crippen LogP contribution in [0, 0.1) is 5.82 Å². The molecule has 0 aliphatic carbocycles. The van der Waals surface area contributed by atoms with Gasteiger partial charge in [-0.1, -0.05) is 6.07 Å². The number of piperidine rings is 1. The average molecular weight is 369 g/mol. The van der Waals surface area contributed by atoms with Crippen LogP contribution in [0.3, 0.4) is 0 Å². The fourth-order valence-corrected chi connectivity index (χ4v) is 3.50. The number of rotatable bonds is 4. The lowest BCUT2D eigenvalue weighted by atomic mass is 9.94. The predicted octanol–water partition coefficient (Wildman–Crippen LogP) is 2.29. The van der Waals surface area contributed by atoms with Crippen LogP contribution in [0.25, 0.3) is 11.2 Å². The van der Waals surface area contributed by atoms with Gasteiger partial charge in [-0.15, -0.1) is 0 Å². The largest absolute Gasteiger partial charge is 0.484 e. The van der Waals surface area contributed by atoms with Crippen LogP contribution in [0.2, 0.25) is 0 Å². The van der Waals surface area contributed by atoms with E-state index in [-0.39, 0.29) is 24.2 Å². The van der Waals surface area contributed by atoms with Crippen molar-refractivity contribution >= 4 is 17.1 Å². The summed E-state index contributed by atoms with van der Waals surface area (Å²) >= 11 is 0. The monoisotopic (exact) mass is 369 g/mol. The van der Waals surface area contributed by atoms with Gasteiger partial charge in [0.2, 0.25) is 0 Å². The first-order valence-corrected chi connectivity index (χ1v) is 8.91.